The molecule has 0 saturated heterocycles. The van der Waals surface area contributed by atoms with Gasteiger partial charge in [-0.25, -0.2) is 0 Å². The first-order valence-electron chi connectivity index (χ1n) is 9.41. The maximum absolute atomic E-state index is 5.83. The van der Waals surface area contributed by atoms with Gasteiger partial charge in [-0.05, 0) is 67.5 Å². The van der Waals surface area contributed by atoms with E-state index in [2.05, 4.69) is 50.0 Å². The zero-order valence-corrected chi connectivity index (χ0v) is 15.4. The van der Waals surface area contributed by atoms with Gasteiger partial charge in [-0.3, -0.25) is 4.98 Å². The summed E-state index contributed by atoms with van der Waals surface area (Å²) in [6, 6.07) is 12.6. The minimum absolute atomic E-state index is 0.794. The average Bonchev–Trinajstić information content (AvgIpc) is 2.64. The summed E-state index contributed by atoms with van der Waals surface area (Å²) in [5.74, 6) is 1.74. The fraction of sp³-hybridized carbons (Fsp3) is 0.500. The van der Waals surface area contributed by atoms with Crippen LogP contribution in [0, 0.1) is 5.92 Å². The van der Waals surface area contributed by atoms with Crippen LogP contribution in [0.15, 0.2) is 42.6 Å². The number of nitrogens with zero attached hydrogens (tertiary/aromatic N) is 1. The van der Waals surface area contributed by atoms with E-state index in [4.69, 9.17) is 4.74 Å². The summed E-state index contributed by atoms with van der Waals surface area (Å²) in [6.45, 7) is 7.56. The van der Waals surface area contributed by atoms with Gasteiger partial charge in [0.1, 0.15) is 5.75 Å². The fourth-order valence-corrected chi connectivity index (χ4v) is 2.67. The number of benzene rings is 1. The molecule has 0 aliphatic carbocycles. The molecule has 2 rings (SSSR count). The quantitative estimate of drug-likeness (QED) is 0.478. The molecule has 1 aromatic carbocycles. The molecule has 0 N–H and O–H groups in total. The molecule has 24 heavy (non-hydrogen) atoms. The first-order chi connectivity index (χ1) is 11.7. The van der Waals surface area contributed by atoms with Crippen molar-refractivity contribution in [2.45, 2.75) is 59.3 Å². The number of hydrogen-bond donors (Lipinski definition) is 0. The highest BCUT2D eigenvalue weighted by Gasteiger charge is 2.02. The van der Waals surface area contributed by atoms with E-state index < -0.39 is 0 Å². The third-order valence-corrected chi connectivity index (χ3v) is 4.60. The Balaban J connectivity index is 1.85. The number of rotatable bonds is 10. The van der Waals surface area contributed by atoms with Gasteiger partial charge < -0.3 is 4.74 Å². The van der Waals surface area contributed by atoms with Crippen molar-refractivity contribution < 1.29 is 4.74 Å². The Morgan fingerprint density at radius 2 is 1.79 bits per heavy atom. The van der Waals surface area contributed by atoms with Crippen LogP contribution in [0.3, 0.4) is 0 Å². The van der Waals surface area contributed by atoms with Gasteiger partial charge in [-0.1, -0.05) is 39.7 Å². The summed E-state index contributed by atoms with van der Waals surface area (Å²) in [5.41, 5.74) is 3.49. The van der Waals surface area contributed by atoms with Crippen LogP contribution in [0.25, 0.3) is 11.3 Å². The molecule has 2 heteroatoms. The predicted octanol–water partition coefficient (Wildman–Crippen LogP) is 6.30. The fourth-order valence-electron chi connectivity index (χ4n) is 2.67. The highest BCUT2D eigenvalue weighted by Crippen LogP contribution is 2.21. The molecule has 130 valence electrons. The van der Waals surface area contributed by atoms with E-state index in [0.29, 0.717) is 0 Å². The lowest BCUT2D eigenvalue weighted by Crippen LogP contribution is -2.00. The molecule has 0 spiro atoms. The van der Waals surface area contributed by atoms with Crippen LogP contribution in [0.5, 0.6) is 5.75 Å². The van der Waals surface area contributed by atoms with Crippen LogP contribution >= 0.6 is 0 Å². The van der Waals surface area contributed by atoms with E-state index in [-0.39, 0.29) is 0 Å². The minimum Gasteiger partial charge on any atom is -0.494 e. The van der Waals surface area contributed by atoms with Gasteiger partial charge in [0.15, 0.2) is 0 Å². The van der Waals surface area contributed by atoms with Crippen molar-refractivity contribution in [3.05, 3.63) is 48.2 Å². The van der Waals surface area contributed by atoms with E-state index in [9.17, 15) is 0 Å². The lowest BCUT2D eigenvalue weighted by atomic mass is 10.0. The highest BCUT2D eigenvalue weighted by atomic mass is 16.5. The van der Waals surface area contributed by atoms with E-state index in [1.807, 2.05) is 18.3 Å². The molecule has 0 aliphatic heterocycles. The Morgan fingerprint density at radius 1 is 1.00 bits per heavy atom. The number of pyridine rings is 1. The second-order valence-corrected chi connectivity index (χ2v) is 6.68. The van der Waals surface area contributed by atoms with Crippen molar-refractivity contribution >= 4 is 0 Å². The number of aryl methyl sites for hydroxylation is 1. The monoisotopic (exact) mass is 325 g/mol. The summed E-state index contributed by atoms with van der Waals surface area (Å²) in [7, 11) is 0. The standard InChI is InChI=1S/C22H31NO/c1-4-6-9-19-10-15-22(23-17-19)20-11-13-21(14-12-20)24-16-7-8-18(3)5-2/h10-15,17-18H,4-9,16H2,1-3H3. The highest BCUT2D eigenvalue weighted by molar-refractivity contribution is 5.60. The van der Waals surface area contributed by atoms with E-state index >= 15 is 0 Å². The van der Waals surface area contributed by atoms with E-state index in [1.54, 1.807) is 0 Å². The van der Waals surface area contributed by atoms with Crippen molar-refractivity contribution in [2.24, 2.45) is 5.92 Å². The number of unbranched alkanes of at least 4 members (excludes halogenated alkanes) is 1. The molecule has 2 aromatic rings. The Morgan fingerprint density at radius 3 is 2.42 bits per heavy atom. The SMILES string of the molecule is CCCCc1ccc(-c2ccc(OCCCC(C)CC)cc2)nc1. The molecule has 0 aliphatic rings. The second kappa shape index (κ2) is 10.1. The third kappa shape index (κ3) is 5.99. The Kier molecular flexibility index (Phi) is 7.81. The average molecular weight is 325 g/mol. The number of ether oxygens (including phenoxy) is 1. The first kappa shape index (κ1) is 18.5. The van der Waals surface area contributed by atoms with Crippen LogP contribution < -0.4 is 4.74 Å². The van der Waals surface area contributed by atoms with Crippen molar-refractivity contribution in [1.82, 2.24) is 4.98 Å². The van der Waals surface area contributed by atoms with Crippen LogP contribution in [-0.4, -0.2) is 11.6 Å². The topological polar surface area (TPSA) is 22.1 Å². The zero-order valence-electron chi connectivity index (χ0n) is 15.4. The summed E-state index contributed by atoms with van der Waals surface area (Å²) in [4.78, 5) is 4.59. The lowest BCUT2D eigenvalue weighted by molar-refractivity contribution is 0.294. The molecule has 0 bridgehead atoms. The largest absolute Gasteiger partial charge is 0.494 e. The Bertz CT molecular complexity index is 574. The summed E-state index contributed by atoms with van der Waals surface area (Å²) >= 11 is 0. The van der Waals surface area contributed by atoms with Gasteiger partial charge in [-0.2, -0.15) is 0 Å². The normalized spacial score (nSPS) is 12.1. The van der Waals surface area contributed by atoms with Gasteiger partial charge in [0, 0.05) is 11.8 Å². The third-order valence-electron chi connectivity index (χ3n) is 4.60. The summed E-state index contributed by atoms with van der Waals surface area (Å²) in [5, 5.41) is 0. The van der Waals surface area contributed by atoms with Crippen molar-refractivity contribution in [2.75, 3.05) is 6.61 Å². The van der Waals surface area contributed by atoms with Crippen LogP contribution in [-0.2, 0) is 6.42 Å². The molecule has 0 radical (unpaired) electrons. The van der Waals surface area contributed by atoms with Crippen LogP contribution in [0.1, 0.15) is 58.4 Å². The van der Waals surface area contributed by atoms with Gasteiger partial charge >= 0.3 is 0 Å². The summed E-state index contributed by atoms with van der Waals surface area (Å²) in [6.07, 6.45) is 9.18. The first-order valence-corrected chi connectivity index (χ1v) is 9.41. The van der Waals surface area contributed by atoms with Crippen molar-refractivity contribution in [3.8, 4) is 17.0 Å². The van der Waals surface area contributed by atoms with Gasteiger partial charge in [0.2, 0.25) is 0 Å². The maximum Gasteiger partial charge on any atom is 0.119 e. The molecule has 1 aromatic heterocycles. The minimum atomic E-state index is 0.794. The Hall–Kier alpha value is -1.83. The number of aromatic nitrogens is 1. The smallest absolute Gasteiger partial charge is 0.119 e. The molecule has 2 nitrogen and oxygen atoms in total. The predicted molar refractivity (Wildman–Crippen MR) is 102 cm³/mol. The van der Waals surface area contributed by atoms with Gasteiger partial charge in [-0.15, -0.1) is 0 Å². The van der Waals surface area contributed by atoms with E-state index in [1.165, 1.54) is 31.2 Å². The van der Waals surface area contributed by atoms with Crippen molar-refractivity contribution in [3.63, 3.8) is 0 Å². The van der Waals surface area contributed by atoms with Crippen LogP contribution in [0.4, 0.5) is 0 Å². The molecular formula is C22H31NO. The molecule has 1 heterocycles. The molecule has 0 saturated carbocycles. The van der Waals surface area contributed by atoms with Gasteiger partial charge in [0.25, 0.3) is 0 Å². The molecule has 0 fully saturated rings. The molecule has 1 atom stereocenters. The zero-order chi connectivity index (χ0) is 17.2. The van der Waals surface area contributed by atoms with Gasteiger partial charge in [0.05, 0.1) is 12.3 Å². The summed E-state index contributed by atoms with van der Waals surface area (Å²) < 4.78 is 5.83. The molecule has 0 amide bonds. The van der Waals surface area contributed by atoms with E-state index in [0.717, 1.165) is 42.4 Å². The lowest BCUT2D eigenvalue weighted by Gasteiger charge is -2.10. The van der Waals surface area contributed by atoms with Crippen molar-refractivity contribution in [1.29, 1.82) is 0 Å². The molecular weight excluding hydrogens is 294 g/mol. The number of hydrogen-bond acceptors (Lipinski definition) is 2. The van der Waals surface area contributed by atoms with Crippen LogP contribution in [0.2, 0.25) is 0 Å². The maximum atomic E-state index is 5.83. The molecule has 1 unspecified atom stereocenters. The Labute approximate surface area is 147 Å². The second-order valence-electron chi connectivity index (χ2n) is 6.68.